The number of piperazine rings is 1. The van der Waals surface area contributed by atoms with Gasteiger partial charge >= 0.3 is 0 Å². The zero-order chi connectivity index (χ0) is 28.2. The molecule has 1 aliphatic rings. The second kappa shape index (κ2) is 11.7. The highest BCUT2D eigenvalue weighted by atomic mass is 19.1. The van der Waals surface area contributed by atoms with Gasteiger partial charge in [0.25, 0.3) is 5.91 Å². The van der Waals surface area contributed by atoms with E-state index in [9.17, 15) is 9.18 Å². The molecule has 6 rings (SSSR count). The minimum atomic E-state index is -0.246. The van der Waals surface area contributed by atoms with Gasteiger partial charge in [-0.15, -0.1) is 0 Å². The third kappa shape index (κ3) is 5.84. The number of aryl methyl sites for hydroxylation is 1. The molecular formula is C32H30FN7O. The molecule has 8 nitrogen and oxygen atoms in total. The minimum absolute atomic E-state index is 0.0180. The van der Waals surface area contributed by atoms with Crippen molar-refractivity contribution in [3.63, 3.8) is 0 Å². The molecular weight excluding hydrogens is 517 g/mol. The molecule has 0 radical (unpaired) electrons. The molecule has 1 aliphatic heterocycles. The van der Waals surface area contributed by atoms with E-state index in [-0.39, 0.29) is 11.7 Å². The normalized spacial score (nSPS) is 13.4. The van der Waals surface area contributed by atoms with E-state index in [1.165, 1.54) is 12.1 Å². The predicted molar refractivity (Wildman–Crippen MR) is 156 cm³/mol. The van der Waals surface area contributed by atoms with Crippen LogP contribution in [0.3, 0.4) is 0 Å². The van der Waals surface area contributed by atoms with Crippen molar-refractivity contribution < 1.29 is 9.18 Å². The molecule has 206 valence electrons. The monoisotopic (exact) mass is 547 g/mol. The Hall–Kier alpha value is -4.92. The zero-order valence-corrected chi connectivity index (χ0v) is 22.8. The lowest BCUT2D eigenvalue weighted by atomic mass is 10.1. The lowest BCUT2D eigenvalue weighted by molar-refractivity contribution is 0.0747. The van der Waals surface area contributed by atoms with Crippen LogP contribution < -0.4 is 4.90 Å². The third-order valence-corrected chi connectivity index (χ3v) is 7.32. The summed E-state index contributed by atoms with van der Waals surface area (Å²) in [5, 5.41) is 4.74. The lowest BCUT2D eigenvalue weighted by Gasteiger charge is -2.36. The van der Waals surface area contributed by atoms with Crippen LogP contribution in [0.2, 0.25) is 0 Å². The third-order valence-electron chi connectivity index (χ3n) is 7.32. The summed E-state index contributed by atoms with van der Waals surface area (Å²) in [7, 11) is 0. The summed E-state index contributed by atoms with van der Waals surface area (Å²) in [6, 6.07) is 20.0. The van der Waals surface area contributed by atoms with E-state index in [0.29, 0.717) is 44.0 Å². The van der Waals surface area contributed by atoms with Gasteiger partial charge in [-0.2, -0.15) is 5.10 Å². The Bertz CT molecular complexity index is 1630. The van der Waals surface area contributed by atoms with Gasteiger partial charge in [0, 0.05) is 86.3 Å². The molecule has 5 aromatic rings. The van der Waals surface area contributed by atoms with Crippen molar-refractivity contribution in [1.82, 2.24) is 29.6 Å². The van der Waals surface area contributed by atoms with E-state index >= 15 is 0 Å². The molecule has 41 heavy (non-hydrogen) atoms. The van der Waals surface area contributed by atoms with Crippen molar-refractivity contribution in [1.29, 1.82) is 0 Å². The Morgan fingerprint density at radius 1 is 0.927 bits per heavy atom. The Morgan fingerprint density at radius 2 is 1.71 bits per heavy atom. The second-order valence-electron chi connectivity index (χ2n) is 9.98. The van der Waals surface area contributed by atoms with Crippen molar-refractivity contribution in [2.45, 2.75) is 19.9 Å². The molecule has 1 amide bonds. The Balaban J connectivity index is 1.12. The zero-order valence-electron chi connectivity index (χ0n) is 22.8. The Morgan fingerprint density at radius 3 is 2.41 bits per heavy atom. The summed E-state index contributed by atoms with van der Waals surface area (Å²) in [5.41, 5.74) is 6.17. The number of benzene rings is 2. The maximum absolute atomic E-state index is 13.3. The van der Waals surface area contributed by atoms with Crippen LogP contribution in [-0.2, 0) is 13.0 Å². The van der Waals surface area contributed by atoms with Gasteiger partial charge in [0.1, 0.15) is 17.3 Å². The fraction of sp³-hybridized carbons (Fsp3) is 0.219. The summed E-state index contributed by atoms with van der Waals surface area (Å²) in [5.74, 6) is 0.466. The molecule has 1 saturated heterocycles. The fourth-order valence-corrected chi connectivity index (χ4v) is 5.07. The molecule has 0 atom stereocenters. The van der Waals surface area contributed by atoms with E-state index in [1.54, 1.807) is 24.5 Å². The smallest absolute Gasteiger partial charge is 0.253 e. The molecule has 0 bridgehead atoms. The topological polar surface area (TPSA) is 80.0 Å². The second-order valence-corrected chi connectivity index (χ2v) is 9.98. The van der Waals surface area contributed by atoms with Crippen molar-refractivity contribution in [3.8, 4) is 22.5 Å². The molecule has 0 aliphatic carbocycles. The predicted octanol–water partition coefficient (Wildman–Crippen LogP) is 5.11. The first kappa shape index (κ1) is 26.3. The van der Waals surface area contributed by atoms with Crippen molar-refractivity contribution in [2.75, 3.05) is 31.1 Å². The quantitative estimate of drug-likeness (QED) is 0.282. The van der Waals surface area contributed by atoms with E-state index < -0.39 is 0 Å². The Labute approximate surface area is 238 Å². The van der Waals surface area contributed by atoms with Crippen LogP contribution in [0.15, 0.2) is 91.5 Å². The van der Waals surface area contributed by atoms with Crippen molar-refractivity contribution >= 4 is 11.6 Å². The van der Waals surface area contributed by atoms with Crippen LogP contribution >= 0.6 is 0 Å². The van der Waals surface area contributed by atoms with Crippen LogP contribution in [-0.4, -0.2) is 61.7 Å². The summed E-state index contributed by atoms with van der Waals surface area (Å²) >= 11 is 0. The number of hydrogen-bond donors (Lipinski definition) is 0. The van der Waals surface area contributed by atoms with Crippen LogP contribution in [0.1, 0.15) is 28.7 Å². The first-order valence-corrected chi connectivity index (χ1v) is 13.8. The fourth-order valence-electron chi connectivity index (χ4n) is 5.07. The average Bonchev–Trinajstić information content (AvgIpc) is 3.47. The van der Waals surface area contributed by atoms with E-state index in [4.69, 9.17) is 10.1 Å². The summed E-state index contributed by atoms with van der Waals surface area (Å²) in [4.78, 5) is 30.8. The summed E-state index contributed by atoms with van der Waals surface area (Å²) in [6.07, 6.45) is 7.88. The maximum atomic E-state index is 13.3. The number of pyridine rings is 1. The standard InChI is InChI=1S/C32H30FN7O/c1-2-40-22-28(31(37-40)25-4-3-14-34-21-25)29-13-15-35-30(36-29)20-23-5-7-24(8-6-23)32(41)39-18-16-38(17-19-39)27-11-9-26(33)10-12-27/h3-15,21-22H,2,16-20H2,1H3. The Kier molecular flexibility index (Phi) is 7.49. The van der Waals surface area contributed by atoms with Crippen molar-refractivity contribution in [3.05, 3.63) is 114 Å². The van der Waals surface area contributed by atoms with E-state index in [1.807, 2.05) is 64.4 Å². The van der Waals surface area contributed by atoms with Crippen LogP contribution in [0.5, 0.6) is 0 Å². The van der Waals surface area contributed by atoms with Gasteiger partial charge in [-0.25, -0.2) is 14.4 Å². The molecule has 4 heterocycles. The van der Waals surface area contributed by atoms with Gasteiger partial charge in [-0.3, -0.25) is 14.5 Å². The number of halogens is 1. The largest absolute Gasteiger partial charge is 0.368 e. The molecule has 2 aromatic carbocycles. The molecule has 0 saturated carbocycles. The van der Waals surface area contributed by atoms with Crippen LogP contribution in [0.25, 0.3) is 22.5 Å². The highest BCUT2D eigenvalue weighted by molar-refractivity contribution is 5.94. The average molecular weight is 548 g/mol. The van der Waals surface area contributed by atoms with E-state index in [2.05, 4.69) is 21.8 Å². The first-order valence-electron chi connectivity index (χ1n) is 13.8. The van der Waals surface area contributed by atoms with Gasteiger partial charge in [0.15, 0.2) is 0 Å². The minimum Gasteiger partial charge on any atom is -0.368 e. The summed E-state index contributed by atoms with van der Waals surface area (Å²) < 4.78 is 15.2. The molecule has 0 unspecified atom stereocenters. The summed E-state index contributed by atoms with van der Waals surface area (Å²) in [6.45, 7) is 5.46. The number of hydrogen-bond acceptors (Lipinski definition) is 6. The number of nitrogens with zero attached hydrogens (tertiary/aromatic N) is 7. The van der Waals surface area contributed by atoms with Crippen LogP contribution in [0.4, 0.5) is 10.1 Å². The van der Waals surface area contributed by atoms with Gasteiger partial charge in [0.05, 0.1) is 5.69 Å². The molecule has 0 spiro atoms. The van der Waals surface area contributed by atoms with E-state index in [0.717, 1.165) is 40.3 Å². The number of aromatic nitrogens is 5. The first-order chi connectivity index (χ1) is 20.1. The van der Waals surface area contributed by atoms with Gasteiger partial charge in [-0.05, 0) is 67.1 Å². The highest BCUT2D eigenvalue weighted by Crippen LogP contribution is 2.29. The maximum Gasteiger partial charge on any atom is 0.253 e. The SMILES string of the molecule is CCn1cc(-c2ccnc(Cc3ccc(C(=O)N4CCN(c5ccc(F)cc5)CC4)cc3)n2)c(-c2cccnc2)n1. The number of rotatable bonds is 7. The van der Waals surface area contributed by atoms with Gasteiger partial charge in [0.2, 0.25) is 0 Å². The molecule has 1 fully saturated rings. The molecule has 9 heteroatoms. The number of amides is 1. The van der Waals surface area contributed by atoms with Gasteiger partial charge < -0.3 is 9.80 Å². The van der Waals surface area contributed by atoms with Crippen LogP contribution in [0, 0.1) is 5.82 Å². The number of carbonyl (C=O) groups excluding carboxylic acids is 1. The number of carbonyl (C=O) groups is 1. The molecule has 0 N–H and O–H groups in total. The van der Waals surface area contributed by atoms with Crippen molar-refractivity contribution in [2.24, 2.45) is 0 Å². The number of anilines is 1. The van der Waals surface area contributed by atoms with Gasteiger partial charge in [-0.1, -0.05) is 12.1 Å². The molecule has 3 aromatic heterocycles. The lowest BCUT2D eigenvalue weighted by Crippen LogP contribution is -2.48. The highest BCUT2D eigenvalue weighted by Gasteiger charge is 2.22.